The summed E-state index contributed by atoms with van der Waals surface area (Å²) in [5.74, 6) is 0.427. The summed E-state index contributed by atoms with van der Waals surface area (Å²) < 4.78 is 2.06. The number of hydrogen-bond donors (Lipinski definition) is 1. The summed E-state index contributed by atoms with van der Waals surface area (Å²) >= 11 is 1.45. The van der Waals surface area contributed by atoms with Crippen LogP contribution in [0, 0.1) is 0 Å². The Hall–Kier alpha value is -1.04. The smallest absolute Gasteiger partial charge is 0.230 e. The van der Waals surface area contributed by atoms with Gasteiger partial charge in [0.15, 0.2) is 5.16 Å². The molecule has 0 atom stereocenters. The molecular formula is C11H18N4OS. The van der Waals surface area contributed by atoms with Crippen molar-refractivity contribution in [1.29, 1.82) is 0 Å². The Balaban J connectivity index is 1.85. The quantitative estimate of drug-likeness (QED) is 0.829. The predicted octanol–water partition coefficient (Wildman–Crippen LogP) is 1.62. The van der Waals surface area contributed by atoms with E-state index in [1.54, 1.807) is 6.33 Å². The maximum absolute atomic E-state index is 11.7. The average Bonchev–Trinajstić information content (AvgIpc) is 2.92. The van der Waals surface area contributed by atoms with Gasteiger partial charge >= 0.3 is 0 Å². The van der Waals surface area contributed by atoms with Gasteiger partial charge in [-0.15, -0.1) is 10.2 Å². The molecule has 17 heavy (non-hydrogen) atoms. The summed E-state index contributed by atoms with van der Waals surface area (Å²) in [7, 11) is 0. The minimum atomic E-state index is -0.179. The number of aromatic nitrogens is 3. The van der Waals surface area contributed by atoms with Crippen LogP contribution < -0.4 is 5.32 Å². The highest BCUT2D eigenvalue weighted by Gasteiger charge is 2.26. The Bertz CT molecular complexity index is 406. The molecule has 6 heteroatoms. The third-order valence-corrected chi connectivity index (χ3v) is 3.28. The molecule has 2 rings (SSSR count). The predicted molar refractivity (Wildman–Crippen MR) is 66.9 cm³/mol. The molecule has 1 aromatic heterocycles. The first kappa shape index (κ1) is 12.4. The van der Waals surface area contributed by atoms with Crippen LogP contribution in [-0.2, 0) is 4.79 Å². The second kappa shape index (κ2) is 4.68. The highest BCUT2D eigenvalue weighted by molar-refractivity contribution is 7.99. The van der Waals surface area contributed by atoms with Gasteiger partial charge in [0.05, 0.1) is 5.75 Å². The molecule has 1 fully saturated rings. The third kappa shape index (κ3) is 3.73. The number of carbonyl (C=O) groups excluding carboxylic acids is 1. The monoisotopic (exact) mass is 254 g/mol. The van der Waals surface area contributed by atoms with Crippen molar-refractivity contribution in [3.8, 4) is 0 Å². The van der Waals surface area contributed by atoms with Gasteiger partial charge in [-0.05, 0) is 33.6 Å². The van der Waals surface area contributed by atoms with Gasteiger partial charge in [-0.3, -0.25) is 4.79 Å². The van der Waals surface area contributed by atoms with Crippen molar-refractivity contribution in [2.24, 2.45) is 0 Å². The van der Waals surface area contributed by atoms with Crippen LogP contribution in [0.15, 0.2) is 11.5 Å². The second-order valence-electron chi connectivity index (χ2n) is 5.34. The number of thioether (sulfide) groups is 1. The topological polar surface area (TPSA) is 59.8 Å². The molecule has 1 aromatic rings. The molecule has 1 N–H and O–H groups in total. The molecule has 94 valence electrons. The third-order valence-electron chi connectivity index (χ3n) is 2.33. The van der Waals surface area contributed by atoms with Gasteiger partial charge in [0, 0.05) is 11.6 Å². The summed E-state index contributed by atoms with van der Waals surface area (Å²) in [6.07, 6.45) is 4.14. The molecule has 0 spiro atoms. The summed E-state index contributed by atoms with van der Waals surface area (Å²) in [5.41, 5.74) is -0.179. The molecule has 1 saturated carbocycles. The summed E-state index contributed by atoms with van der Waals surface area (Å²) in [5, 5.41) is 11.7. The Kier molecular flexibility index (Phi) is 3.42. The van der Waals surface area contributed by atoms with Crippen molar-refractivity contribution < 1.29 is 4.79 Å². The number of carbonyl (C=O) groups is 1. The van der Waals surface area contributed by atoms with E-state index < -0.39 is 0 Å². The fourth-order valence-corrected chi connectivity index (χ4v) is 2.31. The van der Waals surface area contributed by atoms with Crippen molar-refractivity contribution in [3.05, 3.63) is 6.33 Å². The van der Waals surface area contributed by atoms with E-state index in [-0.39, 0.29) is 11.4 Å². The maximum atomic E-state index is 11.7. The highest BCUT2D eigenvalue weighted by Crippen LogP contribution is 2.37. The molecule has 1 aliphatic rings. The lowest BCUT2D eigenvalue weighted by molar-refractivity contribution is -0.119. The molecular weight excluding hydrogens is 236 g/mol. The lowest BCUT2D eigenvalue weighted by Crippen LogP contribution is -2.41. The molecule has 0 aromatic carbocycles. The lowest BCUT2D eigenvalue weighted by Gasteiger charge is -2.20. The molecule has 0 bridgehead atoms. The van der Waals surface area contributed by atoms with Crippen LogP contribution in [0.1, 0.15) is 39.7 Å². The Morgan fingerprint density at radius 2 is 2.29 bits per heavy atom. The number of nitrogens with zero attached hydrogens (tertiary/aromatic N) is 3. The van der Waals surface area contributed by atoms with Crippen LogP contribution >= 0.6 is 11.8 Å². The van der Waals surface area contributed by atoms with E-state index in [0.29, 0.717) is 11.8 Å². The normalized spacial score (nSPS) is 15.9. The van der Waals surface area contributed by atoms with Gasteiger partial charge in [-0.1, -0.05) is 11.8 Å². The minimum Gasteiger partial charge on any atom is -0.351 e. The Morgan fingerprint density at radius 3 is 2.88 bits per heavy atom. The van der Waals surface area contributed by atoms with E-state index in [2.05, 4.69) is 20.1 Å². The highest BCUT2D eigenvalue weighted by atomic mass is 32.2. The standard InChI is InChI=1S/C11H18N4OS/c1-11(2,3)13-9(16)6-17-10-14-12-7-15(10)8-4-5-8/h7-8H,4-6H2,1-3H3,(H,13,16). The van der Waals surface area contributed by atoms with Gasteiger partial charge in [0.2, 0.25) is 5.91 Å². The SMILES string of the molecule is CC(C)(C)NC(=O)CSc1nncn1C1CC1. The largest absolute Gasteiger partial charge is 0.351 e. The number of hydrogen-bond acceptors (Lipinski definition) is 4. The fraction of sp³-hybridized carbons (Fsp3) is 0.727. The van der Waals surface area contributed by atoms with E-state index in [1.165, 1.54) is 24.6 Å². The van der Waals surface area contributed by atoms with E-state index in [0.717, 1.165) is 5.16 Å². The zero-order chi connectivity index (χ0) is 12.5. The molecule has 1 amide bonds. The molecule has 5 nitrogen and oxygen atoms in total. The van der Waals surface area contributed by atoms with Crippen LogP contribution in [0.5, 0.6) is 0 Å². The lowest BCUT2D eigenvalue weighted by atomic mass is 10.1. The number of nitrogens with one attached hydrogen (secondary N) is 1. The summed E-state index contributed by atoms with van der Waals surface area (Å²) in [6.45, 7) is 5.92. The van der Waals surface area contributed by atoms with Crippen molar-refractivity contribution in [2.45, 2.75) is 50.4 Å². The van der Waals surface area contributed by atoms with Gasteiger partial charge in [0.25, 0.3) is 0 Å². The average molecular weight is 254 g/mol. The van der Waals surface area contributed by atoms with E-state index >= 15 is 0 Å². The van der Waals surface area contributed by atoms with Crippen LogP contribution in [-0.4, -0.2) is 32.0 Å². The molecule has 0 unspecified atom stereocenters. The Labute approximate surface area is 105 Å². The summed E-state index contributed by atoms with van der Waals surface area (Å²) in [4.78, 5) is 11.7. The van der Waals surface area contributed by atoms with Crippen molar-refractivity contribution >= 4 is 17.7 Å². The minimum absolute atomic E-state index is 0.0350. The van der Waals surface area contributed by atoms with Crippen LogP contribution in [0.25, 0.3) is 0 Å². The summed E-state index contributed by atoms with van der Waals surface area (Å²) in [6, 6.07) is 0.554. The first-order valence-electron chi connectivity index (χ1n) is 5.79. The van der Waals surface area contributed by atoms with Gasteiger partial charge in [-0.2, -0.15) is 0 Å². The zero-order valence-electron chi connectivity index (χ0n) is 10.4. The first-order valence-corrected chi connectivity index (χ1v) is 6.77. The first-order chi connectivity index (χ1) is 7.96. The number of rotatable bonds is 4. The van der Waals surface area contributed by atoms with E-state index in [1.807, 2.05) is 20.8 Å². The van der Waals surface area contributed by atoms with Crippen molar-refractivity contribution in [1.82, 2.24) is 20.1 Å². The van der Waals surface area contributed by atoms with Crippen LogP contribution in [0.4, 0.5) is 0 Å². The van der Waals surface area contributed by atoms with Crippen molar-refractivity contribution in [2.75, 3.05) is 5.75 Å². The van der Waals surface area contributed by atoms with Gasteiger partial charge in [0.1, 0.15) is 6.33 Å². The van der Waals surface area contributed by atoms with Gasteiger partial charge < -0.3 is 9.88 Å². The molecule has 0 radical (unpaired) electrons. The maximum Gasteiger partial charge on any atom is 0.230 e. The molecule has 0 aliphatic heterocycles. The van der Waals surface area contributed by atoms with Crippen LogP contribution in [0.3, 0.4) is 0 Å². The fourth-order valence-electron chi connectivity index (χ4n) is 1.52. The zero-order valence-corrected chi connectivity index (χ0v) is 11.3. The molecule has 1 heterocycles. The molecule has 0 saturated heterocycles. The Morgan fingerprint density at radius 1 is 1.59 bits per heavy atom. The van der Waals surface area contributed by atoms with E-state index in [4.69, 9.17) is 0 Å². The van der Waals surface area contributed by atoms with Crippen molar-refractivity contribution in [3.63, 3.8) is 0 Å². The molecule has 1 aliphatic carbocycles. The van der Waals surface area contributed by atoms with Gasteiger partial charge in [-0.25, -0.2) is 0 Å². The van der Waals surface area contributed by atoms with E-state index in [9.17, 15) is 4.79 Å². The van der Waals surface area contributed by atoms with Crippen LogP contribution in [0.2, 0.25) is 0 Å². The second-order valence-corrected chi connectivity index (χ2v) is 6.28. The number of amides is 1.